The molecule has 0 aliphatic carbocycles. The van der Waals surface area contributed by atoms with Gasteiger partial charge in [0.15, 0.2) is 0 Å². The Balaban J connectivity index is 2.44. The molecule has 0 bridgehead atoms. The van der Waals surface area contributed by atoms with Crippen molar-refractivity contribution in [3.05, 3.63) is 76.2 Å². The highest BCUT2D eigenvalue weighted by Gasteiger charge is 2.12. The molecule has 4 nitrogen and oxygen atoms in total. The molecule has 1 unspecified atom stereocenters. The molecule has 4 heteroatoms. The first-order valence-electron chi connectivity index (χ1n) is 5.20. The quantitative estimate of drug-likeness (QED) is 0.482. The van der Waals surface area contributed by atoms with Crippen molar-refractivity contribution >= 4 is 5.69 Å². The molecule has 0 amide bonds. The summed E-state index contributed by atoms with van der Waals surface area (Å²) in [7, 11) is 0. The largest absolute Gasteiger partial charge is 0.384 e. The molecule has 2 aromatic rings. The number of azide groups is 1. The van der Waals surface area contributed by atoms with Crippen LogP contribution in [0.4, 0.5) is 5.69 Å². The molecule has 1 atom stereocenters. The van der Waals surface area contributed by atoms with E-state index in [1.807, 2.05) is 30.3 Å². The Morgan fingerprint density at radius 2 is 1.65 bits per heavy atom. The molecular weight excluding hydrogens is 214 g/mol. The van der Waals surface area contributed by atoms with Gasteiger partial charge in [-0.3, -0.25) is 0 Å². The van der Waals surface area contributed by atoms with Gasteiger partial charge in [0.05, 0.1) is 0 Å². The summed E-state index contributed by atoms with van der Waals surface area (Å²) < 4.78 is 0. The number of aliphatic hydroxyl groups is 1. The van der Waals surface area contributed by atoms with Crippen LogP contribution in [0.3, 0.4) is 0 Å². The molecule has 0 saturated carbocycles. The molecule has 2 rings (SSSR count). The second kappa shape index (κ2) is 5.16. The van der Waals surface area contributed by atoms with Crippen LogP contribution in [0.25, 0.3) is 10.4 Å². The fourth-order valence-electron chi connectivity index (χ4n) is 1.67. The first-order chi connectivity index (χ1) is 8.33. The van der Waals surface area contributed by atoms with E-state index >= 15 is 0 Å². The standard InChI is InChI=1S/C13H11N3O/c14-16-15-12-9-5-4-8-11(12)13(17)10-6-2-1-3-7-10/h1-9,13,17H. The van der Waals surface area contributed by atoms with Gasteiger partial charge in [0, 0.05) is 10.6 Å². The Hall–Kier alpha value is -2.29. The highest BCUT2D eigenvalue weighted by Crippen LogP contribution is 2.29. The molecule has 0 fully saturated rings. The van der Waals surface area contributed by atoms with Crippen LogP contribution in [0.15, 0.2) is 59.7 Å². The van der Waals surface area contributed by atoms with Gasteiger partial charge in [0.1, 0.15) is 6.10 Å². The summed E-state index contributed by atoms with van der Waals surface area (Å²) in [6.07, 6.45) is -0.780. The summed E-state index contributed by atoms with van der Waals surface area (Å²) in [5.74, 6) is 0. The van der Waals surface area contributed by atoms with Crippen LogP contribution >= 0.6 is 0 Å². The van der Waals surface area contributed by atoms with Gasteiger partial charge in [-0.2, -0.15) is 0 Å². The van der Waals surface area contributed by atoms with Crippen molar-refractivity contribution in [3.8, 4) is 0 Å². The molecule has 84 valence electrons. The van der Waals surface area contributed by atoms with Gasteiger partial charge in [0.2, 0.25) is 0 Å². The lowest BCUT2D eigenvalue weighted by Gasteiger charge is -2.13. The molecule has 0 aliphatic rings. The SMILES string of the molecule is [N-]=[N+]=Nc1ccccc1C(O)c1ccccc1. The average Bonchev–Trinajstić information content (AvgIpc) is 2.40. The molecule has 17 heavy (non-hydrogen) atoms. The number of rotatable bonds is 3. The van der Waals surface area contributed by atoms with Gasteiger partial charge in [-0.05, 0) is 16.7 Å². The van der Waals surface area contributed by atoms with Crippen LogP contribution in [-0.2, 0) is 0 Å². The highest BCUT2D eigenvalue weighted by molar-refractivity contribution is 5.49. The molecular formula is C13H11N3O. The monoisotopic (exact) mass is 225 g/mol. The van der Waals surface area contributed by atoms with Crippen molar-refractivity contribution < 1.29 is 5.11 Å². The van der Waals surface area contributed by atoms with Crippen molar-refractivity contribution in [2.24, 2.45) is 5.11 Å². The predicted molar refractivity (Wildman–Crippen MR) is 65.8 cm³/mol. The minimum absolute atomic E-state index is 0.450. The third kappa shape index (κ3) is 2.45. The maximum atomic E-state index is 10.2. The molecule has 0 saturated heterocycles. The average molecular weight is 225 g/mol. The molecule has 2 aromatic carbocycles. The summed E-state index contributed by atoms with van der Waals surface area (Å²) in [4.78, 5) is 2.76. The number of aliphatic hydroxyl groups excluding tert-OH is 1. The van der Waals surface area contributed by atoms with Crippen molar-refractivity contribution in [2.75, 3.05) is 0 Å². The van der Waals surface area contributed by atoms with E-state index in [2.05, 4.69) is 10.0 Å². The van der Waals surface area contributed by atoms with Gasteiger partial charge in [-0.15, -0.1) is 0 Å². The van der Waals surface area contributed by atoms with E-state index in [1.54, 1.807) is 24.3 Å². The zero-order chi connectivity index (χ0) is 12.1. The van der Waals surface area contributed by atoms with Gasteiger partial charge in [-0.25, -0.2) is 0 Å². The zero-order valence-electron chi connectivity index (χ0n) is 9.06. The van der Waals surface area contributed by atoms with Gasteiger partial charge in [-0.1, -0.05) is 59.7 Å². The first-order valence-corrected chi connectivity index (χ1v) is 5.20. The van der Waals surface area contributed by atoms with E-state index in [0.717, 1.165) is 5.56 Å². The Kier molecular flexibility index (Phi) is 3.40. The van der Waals surface area contributed by atoms with Crippen LogP contribution in [0, 0.1) is 0 Å². The number of hydrogen-bond donors (Lipinski definition) is 1. The minimum Gasteiger partial charge on any atom is -0.384 e. The summed E-state index contributed by atoms with van der Waals surface area (Å²) in [6, 6.07) is 16.3. The maximum Gasteiger partial charge on any atom is 0.104 e. The Labute approximate surface area is 98.8 Å². The fourth-order valence-corrected chi connectivity index (χ4v) is 1.67. The second-order valence-electron chi connectivity index (χ2n) is 3.56. The molecule has 0 spiro atoms. The smallest absolute Gasteiger partial charge is 0.104 e. The van der Waals surface area contributed by atoms with Crippen molar-refractivity contribution in [1.82, 2.24) is 0 Å². The lowest BCUT2D eigenvalue weighted by atomic mass is 10.0. The summed E-state index contributed by atoms with van der Waals surface area (Å²) in [5.41, 5.74) is 10.3. The third-order valence-corrected chi connectivity index (χ3v) is 2.50. The van der Waals surface area contributed by atoms with Crippen LogP contribution in [0.2, 0.25) is 0 Å². The van der Waals surface area contributed by atoms with Gasteiger partial charge >= 0.3 is 0 Å². The third-order valence-electron chi connectivity index (χ3n) is 2.50. The summed E-state index contributed by atoms with van der Waals surface area (Å²) in [5, 5.41) is 13.8. The molecule has 0 heterocycles. The normalized spacial score (nSPS) is 11.6. The van der Waals surface area contributed by atoms with Gasteiger partial charge in [0.25, 0.3) is 0 Å². The Bertz CT molecular complexity index is 548. The van der Waals surface area contributed by atoms with Crippen molar-refractivity contribution in [2.45, 2.75) is 6.10 Å². The molecule has 0 aromatic heterocycles. The lowest BCUT2D eigenvalue weighted by molar-refractivity contribution is 0.221. The van der Waals surface area contributed by atoms with Crippen LogP contribution in [0.1, 0.15) is 17.2 Å². The predicted octanol–water partition coefficient (Wildman–Crippen LogP) is 3.71. The van der Waals surface area contributed by atoms with Crippen molar-refractivity contribution in [3.63, 3.8) is 0 Å². The van der Waals surface area contributed by atoms with Gasteiger partial charge < -0.3 is 5.11 Å². The van der Waals surface area contributed by atoms with Crippen molar-refractivity contribution in [1.29, 1.82) is 0 Å². The topological polar surface area (TPSA) is 69.0 Å². The van der Waals surface area contributed by atoms with Crippen LogP contribution in [-0.4, -0.2) is 5.11 Å². The number of hydrogen-bond acceptors (Lipinski definition) is 2. The second-order valence-corrected chi connectivity index (χ2v) is 3.56. The van der Waals surface area contributed by atoms with E-state index in [1.165, 1.54) is 0 Å². The molecule has 0 radical (unpaired) electrons. The summed E-state index contributed by atoms with van der Waals surface area (Å²) in [6.45, 7) is 0. The Morgan fingerprint density at radius 3 is 2.35 bits per heavy atom. The van der Waals surface area contributed by atoms with Crippen LogP contribution in [0.5, 0.6) is 0 Å². The first kappa shape index (κ1) is 11.2. The Morgan fingerprint density at radius 1 is 1.00 bits per heavy atom. The van der Waals surface area contributed by atoms with E-state index < -0.39 is 6.10 Å². The summed E-state index contributed by atoms with van der Waals surface area (Å²) >= 11 is 0. The minimum atomic E-state index is -0.780. The lowest BCUT2D eigenvalue weighted by Crippen LogP contribution is -1.99. The zero-order valence-corrected chi connectivity index (χ0v) is 9.06. The maximum absolute atomic E-state index is 10.2. The molecule has 0 aliphatic heterocycles. The number of nitrogens with zero attached hydrogens (tertiary/aromatic N) is 3. The fraction of sp³-hybridized carbons (Fsp3) is 0.0769. The highest BCUT2D eigenvalue weighted by atomic mass is 16.3. The van der Waals surface area contributed by atoms with E-state index in [0.29, 0.717) is 11.3 Å². The number of benzene rings is 2. The van der Waals surface area contributed by atoms with E-state index in [9.17, 15) is 5.11 Å². The van der Waals surface area contributed by atoms with E-state index in [4.69, 9.17) is 5.53 Å². The van der Waals surface area contributed by atoms with Crippen LogP contribution < -0.4 is 0 Å². The van der Waals surface area contributed by atoms with E-state index in [-0.39, 0.29) is 0 Å². The molecule has 1 N–H and O–H groups in total.